The van der Waals surface area contributed by atoms with Crippen LogP contribution < -0.4 is 10.6 Å². The van der Waals surface area contributed by atoms with Crippen molar-refractivity contribution in [3.8, 4) is 0 Å². The van der Waals surface area contributed by atoms with Crippen molar-refractivity contribution in [2.24, 2.45) is 0 Å². The summed E-state index contributed by atoms with van der Waals surface area (Å²) in [5.74, 6) is -0.0959. The second-order valence-electron chi connectivity index (χ2n) is 5.22. The van der Waals surface area contributed by atoms with Crippen LogP contribution in [0.25, 0.3) is 10.8 Å². The molecule has 0 heterocycles. The van der Waals surface area contributed by atoms with Crippen LogP contribution in [0.1, 0.15) is 10.4 Å². The number of carbonyl (C=O) groups is 1. The molecule has 3 aromatic rings. The molecule has 0 bridgehead atoms. The molecule has 3 aromatic carbocycles. The van der Waals surface area contributed by atoms with E-state index >= 15 is 0 Å². The number of fused-ring (bicyclic) bond motifs is 1. The lowest BCUT2D eigenvalue weighted by Gasteiger charge is -2.10. The van der Waals surface area contributed by atoms with Crippen LogP contribution in [0.4, 0.5) is 5.69 Å². The summed E-state index contributed by atoms with van der Waals surface area (Å²) in [5.41, 5.74) is 1.68. The van der Waals surface area contributed by atoms with E-state index in [-0.39, 0.29) is 5.91 Å². The maximum absolute atomic E-state index is 12.0. The largest absolute Gasteiger partial charge is 0.383 e. The van der Waals surface area contributed by atoms with Crippen molar-refractivity contribution in [2.75, 3.05) is 18.4 Å². The van der Waals surface area contributed by atoms with Gasteiger partial charge in [0.1, 0.15) is 0 Å². The van der Waals surface area contributed by atoms with Gasteiger partial charge in [-0.15, -0.1) is 0 Å². The number of nitrogens with one attached hydrogen (secondary N) is 2. The fourth-order valence-electron chi connectivity index (χ4n) is 2.46. The van der Waals surface area contributed by atoms with Gasteiger partial charge in [0.25, 0.3) is 5.91 Å². The molecule has 116 valence electrons. The summed E-state index contributed by atoms with van der Waals surface area (Å²) >= 11 is 5.82. The molecule has 0 atom stereocenters. The van der Waals surface area contributed by atoms with Crippen LogP contribution >= 0.6 is 11.6 Å². The molecule has 0 unspecified atom stereocenters. The van der Waals surface area contributed by atoms with E-state index in [4.69, 9.17) is 11.6 Å². The SMILES string of the molecule is O=C(NCCNc1cccc2ccccc12)c1ccc(Cl)cc1. The Labute approximate surface area is 140 Å². The minimum atomic E-state index is -0.0959. The molecule has 3 nitrogen and oxygen atoms in total. The third kappa shape index (κ3) is 3.82. The highest BCUT2D eigenvalue weighted by atomic mass is 35.5. The number of carbonyl (C=O) groups excluding carboxylic acids is 1. The molecule has 0 radical (unpaired) electrons. The van der Waals surface area contributed by atoms with Gasteiger partial charge in [-0.1, -0.05) is 48.0 Å². The zero-order valence-corrected chi connectivity index (χ0v) is 13.3. The summed E-state index contributed by atoms with van der Waals surface area (Å²) in [4.78, 5) is 12.0. The van der Waals surface area contributed by atoms with Crippen molar-refractivity contribution in [3.63, 3.8) is 0 Å². The number of rotatable bonds is 5. The Hall–Kier alpha value is -2.52. The second kappa shape index (κ2) is 7.16. The normalized spacial score (nSPS) is 10.5. The first-order valence-electron chi connectivity index (χ1n) is 7.49. The lowest BCUT2D eigenvalue weighted by atomic mass is 10.1. The molecule has 2 N–H and O–H groups in total. The molecule has 0 aliphatic carbocycles. The summed E-state index contributed by atoms with van der Waals surface area (Å²) in [6, 6.07) is 21.2. The van der Waals surface area contributed by atoms with E-state index in [2.05, 4.69) is 28.8 Å². The Morgan fingerprint density at radius 1 is 0.870 bits per heavy atom. The summed E-state index contributed by atoms with van der Waals surface area (Å²) in [7, 11) is 0. The molecular formula is C19H17ClN2O. The third-order valence-electron chi connectivity index (χ3n) is 3.62. The van der Waals surface area contributed by atoms with E-state index in [9.17, 15) is 4.79 Å². The summed E-state index contributed by atoms with van der Waals surface area (Å²) < 4.78 is 0. The first-order valence-corrected chi connectivity index (χ1v) is 7.87. The number of hydrogen-bond acceptors (Lipinski definition) is 2. The van der Waals surface area contributed by atoms with Gasteiger partial charge in [0.2, 0.25) is 0 Å². The Kier molecular flexibility index (Phi) is 4.79. The Morgan fingerprint density at radius 3 is 2.43 bits per heavy atom. The monoisotopic (exact) mass is 324 g/mol. The van der Waals surface area contributed by atoms with E-state index in [0.717, 1.165) is 5.69 Å². The predicted octanol–water partition coefficient (Wildman–Crippen LogP) is 4.34. The zero-order valence-electron chi connectivity index (χ0n) is 12.6. The molecule has 1 amide bonds. The topological polar surface area (TPSA) is 41.1 Å². The summed E-state index contributed by atoms with van der Waals surface area (Å²) in [5, 5.41) is 9.26. The van der Waals surface area contributed by atoms with Crippen molar-refractivity contribution in [3.05, 3.63) is 77.3 Å². The van der Waals surface area contributed by atoms with Gasteiger partial charge in [-0.05, 0) is 35.7 Å². The molecule has 0 fully saturated rings. The van der Waals surface area contributed by atoms with Crippen molar-refractivity contribution in [1.82, 2.24) is 5.32 Å². The smallest absolute Gasteiger partial charge is 0.251 e. The first-order chi connectivity index (χ1) is 11.2. The highest BCUT2D eigenvalue weighted by Gasteiger charge is 2.04. The standard InChI is InChI=1S/C19H17ClN2O/c20-16-10-8-15(9-11-16)19(23)22-13-12-21-18-7-3-5-14-4-1-2-6-17(14)18/h1-11,21H,12-13H2,(H,22,23). The highest BCUT2D eigenvalue weighted by Crippen LogP contribution is 2.22. The maximum atomic E-state index is 12.0. The van der Waals surface area contributed by atoms with Crippen LogP contribution in [0.15, 0.2) is 66.7 Å². The van der Waals surface area contributed by atoms with Gasteiger partial charge in [0.05, 0.1) is 0 Å². The van der Waals surface area contributed by atoms with Gasteiger partial charge >= 0.3 is 0 Å². The van der Waals surface area contributed by atoms with Gasteiger partial charge in [-0.25, -0.2) is 0 Å². The quantitative estimate of drug-likeness (QED) is 0.686. The van der Waals surface area contributed by atoms with E-state index in [0.29, 0.717) is 23.7 Å². The predicted molar refractivity (Wildman–Crippen MR) is 96.2 cm³/mol. The van der Waals surface area contributed by atoms with Gasteiger partial charge < -0.3 is 10.6 Å². The number of halogens is 1. The van der Waals surface area contributed by atoms with Gasteiger partial charge in [-0.3, -0.25) is 4.79 Å². The molecule has 0 saturated carbocycles. The lowest BCUT2D eigenvalue weighted by molar-refractivity contribution is 0.0955. The van der Waals surface area contributed by atoms with Gasteiger partial charge in [-0.2, -0.15) is 0 Å². The van der Waals surface area contributed by atoms with Crippen LogP contribution in [0.3, 0.4) is 0 Å². The number of anilines is 1. The Bertz CT molecular complexity index is 810. The van der Waals surface area contributed by atoms with E-state index in [1.54, 1.807) is 24.3 Å². The number of benzene rings is 3. The van der Waals surface area contributed by atoms with Crippen molar-refractivity contribution >= 4 is 34.0 Å². The van der Waals surface area contributed by atoms with E-state index in [1.165, 1.54) is 10.8 Å². The van der Waals surface area contributed by atoms with E-state index < -0.39 is 0 Å². The van der Waals surface area contributed by atoms with Gasteiger partial charge in [0.15, 0.2) is 0 Å². The van der Waals surface area contributed by atoms with Crippen LogP contribution in [0.5, 0.6) is 0 Å². The molecule has 0 aliphatic rings. The van der Waals surface area contributed by atoms with Crippen LogP contribution in [0, 0.1) is 0 Å². The van der Waals surface area contributed by atoms with Crippen LogP contribution in [0.2, 0.25) is 5.02 Å². The second-order valence-corrected chi connectivity index (χ2v) is 5.65. The number of hydrogen-bond donors (Lipinski definition) is 2. The average molecular weight is 325 g/mol. The Balaban J connectivity index is 1.55. The van der Waals surface area contributed by atoms with Crippen molar-refractivity contribution in [1.29, 1.82) is 0 Å². The molecule has 0 spiro atoms. The zero-order chi connectivity index (χ0) is 16.1. The van der Waals surface area contributed by atoms with Gasteiger partial charge in [0, 0.05) is 34.7 Å². The molecule has 0 aromatic heterocycles. The van der Waals surface area contributed by atoms with Crippen molar-refractivity contribution in [2.45, 2.75) is 0 Å². The molecular weight excluding hydrogens is 308 g/mol. The van der Waals surface area contributed by atoms with E-state index in [1.807, 2.05) is 24.3 Å². The van der Waals surface area contributed by atoms with Crippen LogP contribution in [-0.2, 0) is 0 Å². The minimum absolute atomic E-state index is 0.0959. The first kappa shape index (κ1) is 15.4. The highest BCUT2D eigenvalue weighted by molar-refractivity contribution is 6.30. The van der Waals surface area contributed by atoms with Crippen LogP contribution in [-0.4, -0.2) is 19.0 Å². The summed E-state index contributed by atoms with van der Waals surface area (Å²) in [6.45, 7) is 1.21. The average Bonchev–Trinajstić information content (AvgIpc) is 2.59. The number of amides is 1. The summed E-state index contributed by atoms with van der Waals surface area (Å²) in [6.07, 6.45) is 0. The fraction of sp³-hybridized carbons (Fsp3) is 0.105. The molecule has 3 rings (SSSR count). The molecule has 23 heavy (non-hydrogen) atoms. The Morgan fingerprint density at radius 2 is 1.61 bits per heavy atom. The third-order valence-corrected chi connectivity index (χ3v) is 3.87. The molecule has 0 aliphatic heterocycles. The van der Waals surface area contributed by atoms with Crippen molar-refractivity contribution < 1.29 is 4.79 Å². The lowest BCUT2D eigenvalue weighted by Crippen LogP contribution is -2.28. The fourth-order valence-corrected chi connectivity index (χ4v) is 2.58. The molecule has 0 saturated heterocycles. The molecule has 4 heteroatoms. The minimum Gasteiger partial charge on any atom is -0.383 e. The maximum Gasteiger partial charge on any atom is 0.251 e.